The first-order chi connectivity index (χ1) is 17.5. The number of amides is 1. The van der Waals surface area contributed by atoms with Gasteiger partial charge < -0.3 is 25.4 Å². The Hall–Kier alpha value is -2.40. The maximum Gasteiger partial charge on any atom is 0.393 e. The normalized spacial score (nSPS) is 16.3. The van der Waals surface area contributed by atoms with E-state index >= 15 is 0 Å². The van der Waals surface area contributed by atoms with Gasteiger partial charge in [-0.3, -0.25) is 4.79 Å². The Morgan fingerprint density at radius 2 is 1.95 bits per heavy atom. The largest absolute Gasteiger partial charge is 0.393 e. The molecule has 1 unspecified atom stereocenters. The Labute approximate surface area is 227 Å². The summed E-state index contributed by atoms with van der Waals surface area (Å²) in [4.78, 5) is 18.1. The van der Waals surface area contributed by atoms with E-state index in [1.165, 1.54) is 0 Å². The first-order valence-corrected chi connectivity index (χ1v) is 12.8. The predicted molar refractivity (Wildman–Crippen MR) is 142 cm³/mol. The van der Waals surface area contributed by atoms with Crippen LogP contribution in [-0.4, -0.2) is 48.3 Å². The molecular weight excluding hydrogens is 552 g/mol. The molecule has 3 N–H and O–H groups in total. The van der Waals surface area contributed by atoms with E-state index in [1.807, 2.05) is 0 Å². The van der Waals surface area contributed by atoms with Crippen LogP contribution in [0, 0.1) is 5.92 Å². The number of benzene rings is 2. The van der Waals surface area contributed by atoms with Crippen molar-refractivity contribution in [3.63, 3.8) is 0 Å². The van der Waals surface area contributed by atoms with Gasteiger partial charge in [-0.15, -0.1) is 0 Å². The molecule has 3 aromatic rings. The Morgan fingerprint density at radius 3 is 2.65 bits per heavy atom. The smallest absolute Gasteiger partial charge is 0.370 e. The lowest BCUT2D eigenvalue weighted by atomic mass is 9.97. The number of nitrogens with zero attached hydrogens (tertiary/aromatic N) is 3. The van der Waals surface area contributed by atoms with E-state index in [0.717, 1.165) is 0 Å². The summed E-state index contributed by atoms with van der Waals surface area (Å²) < 4.78 is 41.8. The van der Waals surface area contributed by atoms with Crippen LogP contribution in [0.4, 0.5) is 30.5 Å². The summed E-state index contributed by atoms with van der Waals surface area (Å²) in [6.07, 6.45) is -3.71. The second kappa shape index (κ2) is 11.1. The zero-order valence-electron chi connectivity index (χ0n) is 20.1. The molecule has 7 nitrogen and oxygen atoms in total. The van der Waals surface area contributed by atoms with Crippen LogP contribution >= 0.6 is 34.8 Å². The lowest BCUT2D eigenvalue weighted by molar-refractivity contribution is -0.176. The minimum atomic E-state index is -4.25. The summed E-state index contributed by atoms with van der Waals surface area (Å²) in [6.45, 7) is 0.737. The molecule has 1 aliphatic rings. The van der Waals surface area contributed by atoms with Crippen LogP contribution in [0.3, 0.4) is 0 Å². The number of aromatic nitrogens is 2. The van der Waals surface area contributed by atoms with Crippen molar-refractivity contribution >= 4 is 69.1 Å². The van der Waals surface area contributed by atoms with Crippen LogP contribution in [0.1, 0.15) is 18.4 Å². The number of hydrogen-bond donors (Lipinski definition) is 3. The van der Waals surface area contributed by atoms with E-state index in [4.69, 9.17) is 34.8 Å². The quantitative estimate of drug-likeness (QED) is 0.327. The highest BCUT2D eigenvalue weighted by Gasteiger charge is 2.42. The van der Waals surface area contributed by atoms with Crippen molar-refractivity contribution in [2.24, 2.45) is 13.0 Å². The Balaban J connectivity index is 1.62. The topological polar surface area (TPSA) is 74.2 Å². The van der Waals surface area contributed by atoms with Crippen molar-refractivity contribution in [2.45, 2.75) is 25.6 Å². The molecule has 1 aliphatic heterocycles. The van der Waals surface area contributed by atoms with Gasteiger partial charge >= 0.3 is 6.18 Å². The van der Waals surface area contributed by atoms with Gasteiger partial charge in [0.2, 0.25) is 11.9 Å². The average Bonchev–Trinajstić information content (AvgIpc) is 3.14. The van der Waals surface area contributed by atoms with Gasteiger partial charge in [0.1, 0.15) is 0 Å². The summed E-state index contributed by atoms with van der Waals surface area (Å²) >= 11 is 19.5. The van der Waals surface area contributed by atoms with Gasteiger partial charge in [-0.05, 0) is 43.7 Å². The number of alkyl halides is 3. The van der Waals surface area contributed by atoms with Gasteiger partial charge in [-0.2, -0.15) is 13.2 Å². The van der Waals surface area contributed by atoms with Crippen molar-refractivity contribution in [3.05, 3.63) is 44.9 Å². The second-order valence-electron chi connectivity index (χ2n) is 8.94. The zero-order valence-corrected chi connectivity index (χ0v) is 22.4. The molecule has 4 rings (SSSR count). The van der Waals surface area contributed by atoms with Crippen LogP contribution in [0.15, 0.2) is 24.3 Å². The SMILES string of the molecule is CNCC(=O)NCc1ccc(Cl)c(Nc2nc3cc(Cl)c(N4CCCC(C(F)(F)F)C4)cc3n2C)c1Cl. The first-order valence-electron chi connectivity index (χ1n) is 11.6. The van der Waals surface area contributed by atoms with Crippen molar-refractivity contribution < 1.29 is 18.0 Å². The van der Waals surface area contributed by atoms with Gasteiger partial charge in [0.15, 0.2) is 0 Å². The number of halogens is 6. The number of hydrogen-bond acceptors (Lipinski definition) is 5. The molecule has 2 aromatic carbocycles. The van der Waals surface area contributed by atoms with Gasteiger partial charge in [0.05, 0.1) is 49.9 Å². The number of piperidine rings is 1. The Bertz CT molecular complexity index is 1310. The fourth-order valence-electron chi connectivity index (χ4n) is 4.39. The highest BCUT2D eigenvalue weighted by molar-refractivity contribution is 6.39. The Kier molecular flexibility index (Phi) is 8.32. The molecule has 200 valence electrons. The van der Waals surface area contributed by atoms with E-state index in [1.54, 1.807) is 47.8 Å². The summed E-state index contributed by atoms with van der Waals surface area (Å²) in [7, 11) is 3.45. The molecule has 0 bridgehead atoms. The van der Waals surface area contributed by atoms with E-state index < -0.39 is 12.1 Å². The highest BCUT2D eigenvalue weighted by Crippen LogP contribution is 2.40. The number of carbonyl (C=O) groups excluding carboxylic acids is 1. The number of anilines is 3. The monoisotopic (exact) mass is 576 g/mol. The number of carbonyl (C=O) groups is 1. The third kappa shape index (κ3) is 6.03. The van der Waals surface area contributed by atoms with Gasteiger partial charge in [-0.1, -0.05) is 40.9 Å². The van der Waals surface area contributed by atoms with E-state index in [9.17, 15) is 18.0 Å². The van der Waals surface area contributed by atoms with Gasteiger partial charge in [0, 0.05) is 26.7 Å². The standard InChI is InChI=1S/C24H26Cl3F3N6O/c1-31-11-20(37)32-10-13-5-6-15(25)22(21(13)27)34-23-33-17-8-16(26)18(9-19(17)35(23)2)36-7-3-4-14(12-36)24(28,29)30/h5-6,8-9,14,31H,3-4,7,10-12H2,1-2H3,(H,32,37)(H,33,34). The van der Waals surface area contributed by atoms with E-state index in [-0.39, 0.29) is 32.0 Å². The fourth-order valence-corrected chi connectivity index (χ4v) is 5.20. The van der Waals surface area contributed by atoms with E-state index in [0.29, 0.717) is 62.0 Å². The molecule has 2 heterocycles. The molecule has 0 saturated carbocycles. The van der Waals surface area contributed by atoms with Crippen LogP contribution in [0.2, 0.25) is 15.1 Å². The molecule has 0 aliphatic carbocycles. The Morgan fingerprint density at radius 1 is 1.19 bits per heavy atom. The summed E-state index contributed by atoms with van der Waals surface area (Å²) in [6, 6.07) is 6.79. The highest BCUT2D eigenvalue weighted by atomic mass is 35.5. The van der Waals surface area contributed by atoms with Crippen LogP contribution < -0.4 is 20.9 Å². The molecule has 1 fully saturated rings. The van der Waals surface area contributed by atoms with Crippen LogP contribution in [-0.2, 0) is 18.4 Å². The molecule has 13 heteroatoms. The van der Waals surface area contributed by atoms with Crippen LogP contribution in [0.5, 0.6) is 0 Å². The minimum Gasteiger partial charge on any atom is -0.370 e. The number of fused-ring (bicyclic) bond motifs is 1. The summed E-state index contributed by atoms with van der Waals surface area (Å²) in [5, 5.41) is 9.71. The van der Waals surface area contributed by atoms with Gasteiger partial charge in [0.25, 0.3) is 0 Å². The maximum absolute atomic E-state index is 13.3. The number of rotatable bonds is 7. The van der Waals surface area contributed by atoms with Crippen molar-refractivity contribution in [3.8, 4) is 0 Å². The molecule has 37 heavy (non-hydrogen) atoms. The second-order valence-corrected chi connectivity index (χ2v) is 10.1. The molecule has 1 amide bonds. The number of nitrogens with one attached hydrogen (secondary N) is 3. The number of imidazole rings is 1. The van der Waals surface area contributed by atoms with E-state index in [2.05, 4.69) is 20.9 Å². The molecule has 1 aromatic heterocycles. The van der Waals surface area contributed by atoms with Crippen molar-refractivity contribution in [1.82, 2.24) is 20.2 Å². The summed E-state index contributed by atoms with van der Waals surface area (Å²) in [5.41, 5.74) is 2.85. The van der Waals surface area contributed by atoms with Crippen molar-refractivity contribution in [2.75, 3.05) is 36.9 Å². The van der Waals surface area contributed by atoms with Gasteiger partial charge in [-0.25, -0.2) is 4.98 Å². The first kappa shape index (κ1) is 27.6. The molecule has 0 spiro atoms. The lowest BCUT2D eigenvalue weighted by Crippen LogP contribution is -2.41. The third-order valence-electron chi connectivity index (χ3n) is 6.40. The van der Waals surface area contributed by atoms with Crippen LogP contribution in [0.25, 0.3) is 11.0 Å². The maximum atomic E-state index is 13.3. The number of aryl methyl sites for hydroxylation is 1. The zero-order chi connectivity index (χ0) is 26.9. The number of likely N-dealkylation sites (N-methyl/N-ethyl adjacent to an activating group) is 1. The third-order valence-corrected chi connectivity index (χ3v) is 7.45. The minimum absolute atomic E-state index is 0.111. The van der Waals surface area contributed by atoms with Crippen molar-refractivity contribution in [1.29, 1.82) is 0 Å². The molecule has 1 atom stereocenters. The lowest BCUT2D eigenvalue weighted by Gasteiger charge is -2.35. The molecule has 1 saturated heterocycles. The average molecular weight is 578 g/mol. The molecular formula is C24H26Cl3F3N6O. The molecule has 0 radical (unpaired) electrons. The summed E-state index contributed by atoms with van der Waals surface area (Å²) in [5.74, 6) is -1.16. The fraction of sp³-hybridized carbons (Fsp3) is 0.417. The predicted octanol–water partition coefficient (Wildman–Crippen LogP) is 5.89.